The normalized spacial score (nSPS) is 26.8. The molecule has 12 heteroatoms. The van der Waals surface area contributed by atoms with Gasteiger partial charge in [0.1, 0.15) is 37.9 Å². The van der Waals surface area contributed by atoms with E-state index >= 15 is 0 Å². The van der Waals surface area contributed by atoms with E-state index < -0.39 is 42.9 Å². The number of nitrogens with two attached hydrogens (primary N) is 1. The van der Waals surface area contributed by atoms with Gasteiger partial charge in [-0.25, -0.2) is 14.5 Å². The molecule has 5 unspecified atom stereocenters. The summed E-state index contributed by atoms with van der Waals surface area (Å²) in [7, 11) is 3.74. The van der Waals surface area contributed by atoms with Gasteiger partial charge >= 0.3 is 6.16 Å². The van der Waals surface area contributed by atoms with Gasteiger partial charge in [-0.15, -0.1) is 5.10 Å². The molecule has 5 atom stereocenters. The smallest absolute Gasteiger partial charge is 0.433 e. The Labute approximate surface area is 184 Å². The van der Waals surface area contributed by atoms with Crippen molar-refractivity contribution in [3.8, 4) is 0 Å². The van der Waals surface area contributed by atoms with Crippen LogP contribution in [-0.4, -0.2) is 83.9 Å². The Kier molecular flexibility index (Phi) is 6.65. The predicted octanol–water partition coefficient (Wildman–Crippen LogP) is 0.472. The van der Waals surface area contributed by atoms with Crippen molar-refractivity contribution in [2.75, 3.05) is 33.9 Å². The van der Waals surface area contributed by atoms with Gasteiger partial charge in [0.05, 0.1) is 0 Å². The lowest BCUT2D eigenvalue weighted by molar-refractivity contribution is -0.157. The maximum atomic E-state index is 11.9. The van der Waals surface area contributed by atoms with Crippen LogP contribution in [0.4, 0.5) is 4.79 Å². The second-order valence-electron chi connectivity index (χ2n) is 7.63. The van der Waals surface area contributed by atoms with Gasteiger partial charge in [-0.05, 0) is 14.1 Å². The number of nitrogens with zero attached hydrogens (tertiary/aromatic N) is 4. The first-order chi connectivity index (χ1) is 15.4. The molecule has 0 aliphatic carbocycles. The lowest BCUT2D eigenvalue weighted by Gasteiger charge is -2.20. The molecule has 2 fully saturated rings. The summed E-state index contributed by atoms with van der Waals surface area (Å²) in [4.78, 5) is 29.1. The van der Waals surface area contributed by atoms with Gasteiger partial charge in [-0.3, -0.25) is 4.79 Å². The van der Waals surface area contributed by atoms with Gasteiger partial charge in [0, 0.05) is 12.1 Å². The Morgan fingerprint density at radius 2 is 1.88 bits per heavy atom. The Hall–Kier alpha value is -3.06. The van der Waals surface area contributed by atoms with Crippen LogP contribution in [0, 0.1) is 0 Å². The lowest BCUT2D eigenvalue weighted by atomic mass is 10.1. The summed E-state index contributed by atoms with van der Waals surface area (Å²) < 4.78 is 29.8. The number of likely N-dealkylation sites (N-methyl/N-ethyl adjacent to an activating group) is 1. The minimum atomic E-state index is -0.800. The number of aromatic nitrogens is 3. The van der Waals surface area contributed by atoms with Crippen molar-refractivity contribution in [2.24, 2.45) is 5.73 Å². The molecule has 172 valence electrons. The molecule has 32 heavy (non-hydrogen) atoms. The van der Waals surface area contributed by atoms with Crippen molar-refractivity contribution in [3.05, 3.63) is 48.0 Å². The maximum Gasteiger partial charge on any atom is 0.508 e. The number of ether oxygens (including phenoxy) is 5. The van der Waals surface area contributed by atoms with Crippen molar-refractivity contribution < 1.29 is 33.3 Å². The Balaban J connectivity index is 1.45. The number of benzene rings is 1. The molecular formula is C20H25N5O7. The number of fused-ring (bicyclic) bond motifs is 1. The second kappa shape index (κ2) is 9.61. The first kappa shape index (κ1) is 22.1. The predicted molar refractivity (Wildman–Crippen MR) is 107 cm³/mol. The van der Waals surface area contributed by atoms with Gasteiger partial charge in [-0.2, -0.15) is 0 Å². The van der Waals surface area contributed by atoms with Crippen LogP contribution in [0.15, 0.2) is 36.7 Å². The van der Waals surface area contributed by atoms with E-state index in [0.717, 1.165) is 5.56 Å². The Morgan fingerprint density at radius 1 is 1.12 bits per heavy atom. The maximum absolute atomic E-state index is 11.9. The van der Waals surface area contributed by atoms with Crippen molar-refractivity contribution in [3.63, 3.8) is 0 Å². The number of primary amides is 1. The Bertz CT molecular complexity index is 937. The van der Waals surface area contributed by atoms with E-state index in [1.165, 1.54) is 11.0 Å². The molecule has 0 bridgehead atoms. The van der Waals surface area contributed by atoms with E-state index in [9.17, 15) is 9.59 Å². The van der Waals surface area contributed by atoms with E-state index in [0.29, 0.717) is 6.54 Å². The monoisotopic (exact) mass is 447 g/mol. The molecule has 1 aromatic heterocycles. The standard InChI is InChI=1S/C20H25N5O7/c1-24(2)8-9-28-20(27)29-10-13-14-15(32-19(31-14)12-6-4-3-5-7-12)18(30-13)25-11-22-17(23-25)16(21)26/h3-7,11,13-15,18-19H,8-10H2,1-2H3,(H2,21,26). The van der Waals surface area contributed by atoms with Crippen LogP contribution in [0.25, 0.3) is 0 Å². The third-order valence-electron chi connectivity index (χ3n) is 5.03. The molecule has 1 amide bonds. The van der Waals surface area contributed by atoms with Crippen LogP contribution >= 0.6 is 0 Å². The van der Waals surface area contributed by atoms with Crippen LogP contribution in [0.3, 0.4) is 0 Å². The first-order valence-corrected chi connectivity index (χ1v) is 10.1. The van der Waals surface area contributed by atoms with E-state index in [1.807, 2.05) is 49.3 Å². The minimum Gasteiger partial charge on any atom is -0.433 e. The summed E-state index contributed by atoms with van der Waals surface area (Å²) in [6, 6.07) is 9.42. The topological polar surface area (TPSA) is 140 Å². The molecule has 0 spiro atoms. The zero-order chi connectivity index (χ0) is 22.7. The van der Waals surface area contributed by atoms with Crippen LogP contribution < -0.4 is 5.73 Å². The van der Waals surface area contributed by atoms with Gasteiger partial charge in [0.25, 0.3) is 5.91 Å². The van der Waals surface area contributed by atoms with E-state index in [2.05, 4.69) is 10.1 Å². The zero-order valence-electron chi connectivity index (χ0n) is 17.7. The average Bonchev–Trinajstić information content (AvgIpc) is 3.48. The molecule has 2 aliphatic rings. The highest BCUT2D eigenvalue weighted by Gasteiger charge is 2.54. The number of hydrogen-bond acceptors (Lipinski definition) is 10. The summed E-state index contributed by atoms with van der Waals surface area (Å²) in [6.45, 7) is 0.670. The van der Waals surface area contributed by atoms with Crippen molar-refractivity contribution in [2.45, 2.75) is 30.8 Å². The fourth-order valence-electron chi connectivity index (χ4n) is 3.46. The molecule has 0 radical (unpaired) electrons. The van der Waals surface area contributed by atoms with Gasteiger partial charge < -0.3 is 34.3 Å². The van der Waals surface area contributed by atoms with E-state index in [4.69, 9.17) is 29.4 Å². The number of hydrogen-bond donors (Lipinski definition) is 1. The fraction of sp³-hybridized carbons (Fsp3) is 0.500. The largest absolute Gasteiger partial charge is 0.508 e. The highest BCUT2D eigenvalue weighted by molar-refractivity contribution is 5.88. The number of amides is 1. The van der Waals surface area contributed by atoms with E-state index in [1.54, 1.807) is 0 Å². The Morgan fingerprint density at radius 3 is 2.56 bits per heavy atom. The zero-order valence-corrected chi connectivity index (χ0v) is 17.7. The SMILES string of the molecule is CN(C)CCOC(=O)OCC1OC(n2cnc(C(N)=O)n2)C2OC(c3ccccc3)OC12. The van der Waals surface area contributed by atoms with E-state index in [-0.39, 0.29) is 19.0 Å². The number of carbonyl (C=O) groups is 2. The van der Waals surface area contributed by atoms with Gasteiger partial charge in [-0.1, -0.05) is 30.3 Å². The first-order valence-electron chi connectivity index (χ1n) is 10.1. The summed E-state index contributed by atoms with van der Waals surface area (Å²) in [5.74, 6) is -0.905. The van der Waals surface area contributed by atoms with Crippen LogP contribution in [0.2, 0.25) is 0 Å². The summed E-state index contributed by atoms with van der Waals surface area (Å²) >= 11 is 0. The molecule has 12 nitrogen and oxygen atoms in total. The van der Waals surface area contributed by atoms with Gasteiger partial charge in [0.15, 0.2) is 12.5 Å². The molecule has 3 heterocycles. The molecule has 4 rings (SSSR count). The molecule has 2 aromatic rings. The molecule has 2 saturated heterocycles. The van der Waals surface area contributed by atoms with Crippen LogP contribution in [0.5, 0.6) is 0 Å². The van der Waals surface area contributed by atoms with Crippen LogP contribution in [-0.2, 0) is 23.7 Å². The quantitative estimate of drug-likeness (QED) is 0.568. The highest BCUT2D eigenvalue weighted by atomic mass is 16.8. The second-order valence-corrected chi connectivity index (χ2v) is 7.63. The summed E-state index contributed by atoms with van der Waals surface area (Å²) in [5, 5.41) is 4.07. The number of rotatable bonds is 8. The fourth-order valence-corrected chi connectivity index (χ4v) is 3.46. The third kappa shape index (κ3) is 4.88. The van der Waals surface area contributed by atoms with Crippen LogP contribution in [0.1, 0.15) is 28.7 Å². The molecule has 0 saturated carbocycles. The summed E-state index contributed by atoms with van der Waals surface area (Å²) in [5.41, 5.74) is 6.08. The minimum absolute atomic E-state index is 0.110. The molecular weight excluding hydrogens is 422 g/mol. The highest BCUT2D eigenvalue weighted by Crippen LogP contribution is 2.43. The molecule has 1 aromatic carbocycles. The lowest BCUT2D eigenvalue weighted by Crippen LogP contribution is -2.33. The summed E-state index contributed by atoms with van der Waals surface area (Å²) in [6.07, 6.45) is -2.65. The molecule has 2 N–H and O–H groups in total. The van der Waals surface area contributed by atoms with Gasteiger partial charge in [0.2, 0.25) is 5.82 Å². The van der Waals surface area contributed by atoms with Crippen molar-refractivity contribution in [1.82, 2.24) is 19.7 Å². The van der Waals surface area contributed by atoms with Crippen molar-refractivity contribution >= 4 is 12.1 Å². The molecule has 2 aliphatic heterocycles. The van der Waals surface area contributed by atoms with Crippen molar-refractivity contribution in [1.29, 1.82) is 0 Å². The third-order valence-corrected chi connectivity index (χ3v) is 5.03. The average molecular weight is 447 g/mol. The number of carbonyl (C=O) groups excluding carboxylic acids is 2.